The van der Waals surface area contributed by atoms with Crippen molar-refractivity contribution in [1.82, 2.24) is 9.80 Å². The van der Waals surface area contributed by atoms with Gasteiger partial charge < -0.3 is 24.2 Å². The van der Waals surface area contributed by atoms with Gasteiger partial charge >= 0.3 is 12.1 Å². The van der Waals surface area contributed by atoms with Crippen molar-refractivity contribution in [2.75, 3.05) is 51.3 Å². The number of hydrogen-bond donors (Lipinski definition) is 0. The van der Waals surface area contributed by atoms with Crippen molar-refractivity contribution in [1.29, 1.82) is 0 Å². The summed E-state index contributed by atoms with van der Waals surface area (Å²) in [5, 5.41) is 0. The van der Waals surface area contributed by atoms with Crippen LogP contribution in [0.2, 0.25) is 0 Å². The Balaban J connectivity index is 1.59. The van der Waals surface area contributed by atoms with E-state index >= 15 is 0 Å². The van der Waals surface area contributed by atoms with Crippen LogP contribution in [0.15, 0.2) is 54.6 Å². The molecule has 0 atom stereocenters. The van der Waals surface area contributed by atoms with Gasteiger partial charge in [0.25, 0.3) is 11.8 Å². The van der Waals surface area contributed by atoms with E-state index in [1.54, 1.807) is 44.3 Å². The van der Waals surface area contributed by atoms with Crippen LogP contribution in [-0.4, -0.2) is 80.1 Å². The molecule has 174 valence electrons. The average molecular weight is 453 g/mol. The van der Waals surface area contributed by atoms with Crippen LogP contribution in [0.1, 0.15) is 27.6 Å². The zero-order valence-corrected chi connectivity index (χ0v) is 18.7. The summed E-state index contributed by atoms with van der Waals surface area (Å²) >= 11 is 0. The van der Waals surface area contributed by atoms with Crippen LogP contribution in [0.3, 0.4) is 0 Å². The highest BCUT2D eigenvalue weighted by Crippen LogP contribution is 2.18. The molecule has 9 nitrogen and oxygen atoms in total. The molecule has 0 N–H and O–H groups in total. The maximum atomic E-state index is 13.0. The fourth-order valence-corrected chi connectivity index (χ4v) is 3.45. The van der Waals surface area contributed by atoms with Crippen molar-refractivity contribution in [2.45, 2.75) is 6.92 Å². The molecule has 2 aromatic carbocycles. The van der Waals surface area contributed by atoms with Crippen LogP contribution in [0.4, 0.5) is 10.5 Å². The van der Waals surface area contributed by atoms with Gasteiger partial charge in [0.05, 0.1) is 17.7 Å². The van der Waals surface area contributed by atoms with Gasteiger partial charge in [0.1, 0.15) is 0 Å². The summed E-state index contributed by atoms with van der Waals surface area (Å²) in [5.41, 5.74) is 0.956. The molecule has 1 heterocycles. The number of para-hydroxylation sites is 1. The van der Waals surface area contributed by atoms with Crippen molar-refractivity contribution in [2.24, 2.45) is 0 Å². The standard InChI is InChI=1S/C24H27N3O6/c1-3-32-24(31)27-15-13-26(14-16-27)21(28)17-33-23(30)20-12-8-7-11-19(20)22(29)25(2)18-9-5-4-6-10-18/h4-12H,3,13-17H2,1-2H3. The van der Waals surface area contributed by atoms with E-state index in [-0.39, 0.29) is 22.9 Å². The van der Waals surface area contributed by atoms with Crippen molar-refractivity contribution in [3.8, 4) is 0 Å². The Labute approximate surface area is 192 Å². The second-order valence-electron chi connectivity index (χ2n) is 7.39. The Morgan fingerprint density at radius 3 is 2.03 bits per heavy atom. The van der Waals surface area contributed by atoms with Crippen LogP contribution in [0, 0.1) is 0 Å². The molecule has 3 rings (SSSR count). The molecular weight excluding hydrogens is 426 g/mol. The molecule has 0 bridgehead atoms. The van der Waals surface area contributed by atoms with E-state index in [0.29, 0.717) is 38.5 Å². The van der Waals surface area contributed by atoms with Crippen molar-refractivity contribution < 1.29 is 28.7 Å². The number of benzene rings is 2. The van der Waals surface area contributed by atoms with E-state index in [2.05, 4.69) is 0 Å². The Bertz CT molecular complexity index is 1000. The molecule has 0 radical (unpaired) electrons. The van der Waals surface area contributed by atoms with Gasteiger partial charge in [-0.1, -0.05) is 30.3 Å². The van der Waals surface area contributed by atoms with Crippen LogP contribution < -0.4 is 4.90 Å². The molecule has 0 saturated carbocycles. The highest BCUT2D eigenvalue weighted by molar-refractivity contribution is 6.12. The number of anilines is 1. The minimum absolute atomic E-state index is 0.0882. The normalized spacial score (nSPS) is 13.3. The van der Waals surface area contributed by atoms with Crippen molar-refractivity contribution in [3.63, 3.8) is 0 Å². The largest absolute Gasteiger partial charge is 0.452 e. The number of rotatable bonds is 6. The van der Waals surface area contributed by atoms with E-state index in [1.165, 1.54) is 20.8 Å². The van der Waals surface area contributed by atoms with Gasteiger partial charge in [-0.05, 0) is 31.2 Å². The number of esters is 1. The number of carbonyl (C=O) groups excluding carboxylic acids is 4. The smallest absolute Gasteiger partial charge is 0.409 e. The predicted molar refractivity (Wildman–Crippen MR) is 121 cm³/mol. The molecule has 33 heavy (non-hydrogen) atoms. The first-order valence-corrected chi connectivity index (χ1v) is 10.7. The molecular formula is C24H27N3O6. The second-order valence-corrected chi connectivity index (χ2v) is 7.39. The minimum atomic E-state index is -0.751. The Morgan fingerprint density at radius 2 is 1.39 bits per heavy atom. The van der Waals surface area contributed by atoms with Gasteiger partial charge in [0.15, 0.2) is 6.61 Å². The van der Waals surface area contributed by atoms with E-state index < -0.39 is 18.7 Å². The van der Waals surface area contributed by atoms with Gasteiger partial charge in [-0.25, -0.2) is 9.59 Å². The third-order valence-electron chi connectivity index (χ3n) is 5.31. The molecule has 2 aromatic rings. The minimum Gasteiger partial charge on any atom is -0.452 e. The lowest BCUT2D eigenvalue weighted by molar-refractivity contribution is -0.136. The summed E-state index contributed by atoms with van der Waals surface area (Å²) in [7, 11) is 1.62. The first-order chi connectivity index (χ1) is 15.9. The predicted octanol–water partition coefficient (Wildman–Crippen LogP) is 2.42. The fourth-order valence-electron chi connectivity index (χ4n) is 3.45. The molecule has 3 amide bonds. The van der Waals surface area contributed by atoms with Crippen molar-refractivity contribution >= 4 is 29.6 Å². The molecule has 0 unspecified atom stereocenters. The number of hydrogen-bond acceptors (Lipinski definition) is 6. The van der Waals surface area contributed by atoms with Gasteiger partial charge in [-0.3, -0.25) is 9.59 Å². The number of amides is 3. The van der Waals surface area contributed by atoms with Gasteiger partial charge in [-0.2, -0.15) is 0 Å². The zero-order chi connectivity index (χ0) is 23.8. The summed E-state index contributed by atoms with van der Waals surface area (Å²) in [6.45, 7) is 2.92. The monoisotopic (exact) mass is 453 g/mol. The first-order valence-electron chi connectivity index (χ1n) is 10.7. The van der Waals surface area contributed by atoms with E-state index in [4.69, 9.17) is 9.47 Å². The summed E-state index contributed by atoms with van der Waals surface area (Å²) in [6, 6.07) is 15.4. The van der Waals surface area contributed by atoms with E-state index in [9.17, 15) is 19.2 Å². The summed E-state index contributed by atoms with van der Waals surface area (Å²) in [5.74, 6) is -1.48. The lowest BCUT2D eigenvalue weighted by Crippen LogP contribution is -2.51. The van der Waals surface area contributed by atoms with Crippen LogP contribution in [0.25, 0.3) is 0 Å². The highest BCUT2D eigenvalue weighted by Gasteiger charge is 2.26. The fraction of sp³-hybridized carbons (Fsp3) is 0.333. The highest BCUT2D eigenvalue weighted by atomic mass is 16.6. The molecule has 1 aliphatic heterocycles. The Morgan fingerprint density at radius 1 is 0.818 bits per heavy atom. The third-order valence-corrected chi connectivity index (χ3v) is 5.31. The number of ether oxygens (including phenoxy) is 2. The molecule has 0 aromatic heterocycles. The molecule has 1 aliphatic rings. The van der Waals surface area contributed by atoms with Crippen LogP contribution >= 0.6 is 0 Å². The number of nitrogens with zero attached hydrogens (tertiary/aromatic N) is 3. The van der Waals surface area contributed by atoms with Gasteiger partial charge in [0, 0.05) is 38.9 Å². The van der Waals surface area contributed by atoms with E-state index in [1.807, 2.05) is 18.2 Å². The lowest BCUT2D eigenvalue weighted by atomic mass is 10.1. The molecule has 1 saturated heterocycles. The Hall–Kier alpha value is -3.88. The first kappa shape index (κ1) is 23.8. The SMILES string of the molecule is CCOC(=O)N1CCN(C(=O)COC(=O)c2ccccc2C(=O)N(C)c2ccccc2)CC1. The zero-order valence-electron chi connectivity index (χ0n) is 18.7. The topological polar surface area (TPSA) is 96.5 Å². The molecule has 0 aliphatic carbocycles. The van der Waals surface area contributed by atoms with E-state index in [0.717, 1.165) is 0 Å². The molecule has 9 heteroatoms. The molecule has 0 spiro atoms. The Kier molecular flexibility index (Phi) is 8.01. The summed E-state index contributed by atoms with van der Waals surface area (Å²) in [4.78, 5) is 54.5. The van der Waals surface area contributed by atoms with Crippen LogP contribution in [-0.2, 0) is 14.3 Å². The molecule has 1 fully saturated rings. The maximum absolute atomic E-state index is 13.0. The van der Waals surface area contributed by atoms with Gasteiger partial charge in [0.2, 0.25) is 0 Å². The lowest BCUT2D eigenvalue weighted by Gasteiger charge is -2.33. The average Bonchev–Trinajstić information content (AvgIpc) is 2.87. The third kappa shape index (κ3) is 5.88. The summed E-state index contributed by atoms with van der Waals surface area (Å²) < 4.78 is 10.2. The van der Waals surface area contributed by atoms with Crippen molar-refractivity contribution in [3.05, 3.63) is 65.7 Å². The second kappa shape index (κ2) is 11.1. The maximum Gasteiger partial charge on any atom is 0.409 e. The quantitative estimate of drug-likeness (QED) is 0.624. The van der Waals surface area contributed by atoms with Crippen LogP contribution in [0.5, 0.6) is 0 Å². The van der Waals surface area contributed by atoms with Gasteiger partial charge in [-0.15, -0.1) is 0 Å². The number of carbonyl (C=O) groups is 4. The summed E-state index contributed by atoms with van der Waals surface area (Å²) in [6.07, 6.45) is -0.405. The number of piperazine rings is 1.